The van der Waals surface area contributed by atoms with E-state index in [4.69, 9.17) is 16.3 Å². The maximum atomic E-state index is 12.6. The molecule has 0 spiro atoms. The summed E-state index contributed by atoms with van der Waals surface area (Å²) in [6.45, 7) is 1.86. The van der Waals surface area contributed by atoms with Crippen molar-refractivity contribution in [3.63, 3.8) is 0 Å². The van der Waals surface area contributed by atoms with Crippen molar-refractivity contribution < 1.29 is 22.7 Å². The Morgan fingerprint density at radius 1 is 1.36 bits per heavy atom. The molecule has 25 heavy (non-hydrogen) atoms. The monoisotopic (exact) mass is 372 g/mol. The smallest absolute Gasteiger partial charge is 0.418 e. The molecule has 9 heteroatoms. The quantitative estimate of drug-likeness (QED) is 0.609. The first-order chi connectivity index (χ1) is 11.7. The molecule has 2 rings (SSSR count). The Labute approximate surface area is 145 Å². The fourth-order valence-electron chi connectivity index (χ4n) is 1.90. The molecule has 0 atom stereocenters. The number of benzene rings is 1. The van der Waals surface area contributed by atoms with Gasteiger partial charge in [0.15, 0.2) is 0 Å². The van der Waals surface area contributed by atoms with Gasteiger partial charge in [-0.15, -0.1) is 0 Å². The minimum absolute atomic E-state index is 0.201. The predicted octanol–water partition coefficient (Wildman–Crippen LogP) is 3.48. The zero-order valence-corrected chi connectivity index (χ0v) is 13.6. The summed E-state index contributed by atoms with van der Waals surface area (Å²) in [7, 11) is 0. The molecule has 1 aromatic heterocycles. The maximum Gasteiger partial charge on any atom is 0.418 e. The Morgan fingerprint density at radius 3 is 2.68 bits per heavy atom. The SMILES string of the molecule is CCOC(=O)C=Cc1cc(-n2ncc(C(F)(F)F)cc2=O)ccc1Cl. The van der Waals surface area contributed by atoms with Crippen LogP contribution in [-0.4, -0.2) is 22.4 Å². The molecule has 0 unspecified atom stereocenters. The van der Waals surface area contributed by atoms with Gasteiger partial charge in [0, 0.05) is 17.2 Å². The molecule has 1 aromatic carbocycles. The Kier molecular flexibility index (Phi) is 5.63. The lowest BCUT2D eigenvalue weighted by Crippen LogP contribution is -2.23. The molecule has 0 aliphatic carbocycles. The van der Waals surface area contributed by atoms with Gasteiger partial charge in [-0.1, -0.05) is 11.6 Å². The summed E-state index contributed by atoms with van der Waals surface area (Å²) >= 11 is 6.01. The molecule has 0 saturated carbocycles. The highest BCUT2D eigenvalue weighted by Gasteiger charge is 2.31. The fourth-order valence-corrected chi connectivity index (χ4v) is 2.08. The van der Waals surface area contributed by atoms with Crippen molar-refractivity contribution in [2.24, 2.45) is 0 Å². The Balaban J connectivity index is 2.40. The van der Waals surface area contributed by atoms with E-state index in [-0.39, 0.29) is 17.3 Å². The van der Waals surface area contributed by atoms with Crippen LogP contribution in [0.2, 0.25) is 5.02 Å². The van der Waals surface area contributed by atoms with E-state index in [1.165, 1.54) is 24.3 Å². The maximum absolute atomic E-state index is 12.6. The number of ether oxygens (including phenoxy) is 1. The van der Waals surface area contributed by atoms with E-state index < -0.39 is 23.3 Å². The molecule has 0 saturated heterocycles. The summed E-state index contributed by atoms with van der Waals surface area (Å²) in [5.41, 5.74) is -1.50. The number of carbonyl (C=O) groups is 1. The number of halogens is 4. The van der Waals surface area contributed by atoms with Gasteiger partial charge < -0.3 is 4.74 Å². The molecule has 0 fully saturated rings. The average Bonchev–Trinajstić information content (AvgIpc) is 2.53. The van der Waals surface area contributed by atoms with Crippen LogP contribution in [0.1, 0.15) is 18.1 Å². The van der Waals surface area contributed by atoms with E-state index in [2.05, 4.69) is 5.10 Å². The van der Waals surface area contributed by atoms with Crippen LogP contribution in [0.3, 0.4) is 0 Å². The van der Waals surface area contributed by atoms with Gasteiger partial charge in [-0.25, -0.2) is 4.79 Å². The zero-order chi connectivity index (χ0) is 18.6. The molecule has 5 nitrogen and oxygen atoms in total. The topological polar surface area (TPSA) is 61.2 Å². The third kappa shape index (κ3) is 4.69. The second-order valence-electron chi connectivity index (χ2n) is 4.78. The van der Waals surface area contributed by atoms with Crippen molar-refractivity contribution in [2.75, 3.05) is 6.61 Å². The molecule has 0 aliphatic heterocycles. The fraction of sp³-hybridized carbons (Fsp3) is 0.188. The molecule has 0 N–H and O–H groups in total. The van der Waals surface area contributed by atoms with Crippen molar-refractivity contribution in [1.29, 1.82) is 0 Å². The highest BCUT2D eigenvalue weighted by atomic mass is 35.5. The molecule has 0 aliphatic rings. The number of carbonyl (C=O) groups excluding carboxylic acids is 1. The number of hydrogen-bond donors (Lipinski definition) is 0. The van der Waals surface area contributed by atoms with Gasteiger partial charge in [0.1, 0.15) is 0 Å². The summed E-state index contributed by atoms with van der Waals surface area (Å²) in [5, 5.41) is 3.82. The molecule has 0 bridgehead atoms. The highest BCUT2D eigenvalue weighted by molar-refractivity contribution is 6.32. The number of rotatable bonds is 4. The van der Waals surface area contributed by atoms with Crippen molar-refractivity contribution >= 4 is 23.6 Å². The second-order valence-corrected chi connectivity index (χ2v) is 5.19. The Hall–Kier alpha value is -2.61. The predicted molar refractivity (Wildman–Crippen MR) is 85.5 cm³/mol. The van der Waals surface area contributed by atoms with Crippen molar-refractivity contribution in [3.8, 4) is 5.69 Å². The van der Waals surface area contributed by atoms with Crippen LogP contribution in [-0.2, 0) is 15.7 Å². The number of esters is 1. The first-order valence-electron chi connectivity index (χ1n) is 7.03. The minimum atomic E-state index is -4.65. The largest absolute Gasteiger partial charge is 0.463 e. The van der Waals surface area contributed by atoms with Gasteiger partial charge in [-0.2, -0.15) is 23.0 Å². The third-order valence-electron chi connectivity index (χ3n) is 3.04. The highest BCUT2D eigenvalue weighted by Crippen LogP contribution is 2.27. The first kappa shape index (κ1) is 18.7. The number of alkyl halides is 3. The summed E-state index contributed by atoms with van der Waals surface area (Å²) in [4.78, 5) is 23.3. The van der Waals surface area contributed by atoms with Gasteiger partial charge in [-0.05, 0) is 36.8 Å². The normalized spacial score (nSPS) is 11.7. The van der Waals surface area contributed by atoms with Crippen LogP contribution in [0.4, 0.5) is 13.2 Å². The summed E-state index contributed by atoms with van der Waals surface area (Å²) in [6, 6.07) is 4.73. The number of nitrogens with zero attached hydrogens (tertiary/aromatic N) is 2. The van der Waals surface area contributed by atoms with Crippen LogP contribution in [0.25, 0.3) is 11.8 Å². The zero-order valence-electron chi connectivity index (χ0n) is 12.9. The molecule has 0 radical (unpaired) electrons. The molecular weight excluding hydrogens is 361 g/mol. The average molecular weight is 373 g/mol. The summed E-state index contributed by atoms with van der Waals surface area (Å²) in [6.07, 6.45) is -1.57. The van der Waals surface area contributed by atoms with Gasteiger partial charge in [-0.3, -0.25) is 4.79 Å². The van der Waals surface area contributed by atoms with E-state index in [0.29, 0.717) is 17.8 Å². The lowest BCUT2D eigenvalue weighted by atomic mass is 10.2. The van der Waals surface area contributed by atoms with Crippen molar-refractivity contribution in [1.82, 2.24) is 9.78 Å². The molecular formula is C16H12ClF3N2O3. The van der Waals surface area contributed by atoms with Crippen LogP contribution < -0.4 is 5.56 Å². The van der Waals surface area contributed by atoms with Crippen LogP contribution in [0.5, 0.6) is 0 Å². The Morgan fingerprint density at radius 2 is 2.08 bits per heavy atom. The van der Waals surface area contributed by atoms with Crippen molar-refractivity contribution in [3.05, 3.63) is 63.0 Å². The lowest BCUT2D eigenvalue weighted by Gasteiger charge is -2.09. The molecule has 1 heterocycles. The van der Waals surface area contributed by atoms with Gasteiger partial charge in [0.2, 0.25) is 0 Å². The lowest BCUT2D eigenvalue weighted by molar-refractivity contribution is -0.138. The summed E-state index contributed by atoms with van der Waals surface area (Å²) < 4.78 is 43.3. The molecule has 2 aromatic rings. The Bertz CT molecular complexity index is 876. The van der Waals surface area contributed by atoms with Crippen molar-refractivity contribution in [2.45, 2.75) is 13.1 Å². The number of hydrogen-bond acceptors (Lipinski definition) is 4. The van der Waals surface area contributed by atoms with E-state index in [0.717, 1.165) is 10.8 Å². The number of aromatic nitrogens is 2. The van der Waals surface area contributed by atoms with Crippen LogP contribution in [0.15, 0.2) is 41.3 Å². The minimum Gasteiger partial charge on any atom is -0.463 e. The van der Waals surface area contributed by atoms with E-state index in [1.807, 2.05) is 0 Å². The van der Waals surface area contributed by atoms with Gasteiger partial charge in [0.05, 0.1) is 24.1 Å². The van der Waals surface area contributed by atoms with E-state index >= 15 is 0 Å². The molecule has 0 amide bonds. The van der Waals surface area contributed by atoms with Gasteiger partial charge in [0.25, 0.3) is 5.56 Å². The first-order valence-corrected chi connectivity index (χ1v) is 7.41. The van der Waals surface area contributed by atoms with Gasteiger partial charge >= 0.3 is 12.1 Å². The van der Waals surface area contributed by atoms with E-state index in [9.17, 15) is 22.8 Å². The second kappa shape index (κ2) is 7.52. The molecule has 132 valence electrons. The third-order valence-corrected chi connectivity index (χ3v) is 3.38. The van der Waals surface area contributed by atoms with E-state index in [1.54, 1.807) is 6.92 Å². The standard InChI is InChI=1S/C16H12ClF3N2O3/c1-2-25-15(24)6-3-10-7-12(4-5-13(10)17)22-14(23)8-11(9-21-22)16(18,19)20/h3-9H,2H2,1H3. The van der Waals surface area contributed by atoms with Crippen LogP contribution in [0, 0.1) is 0 Å². The summed E-state index contributed by atoms with van der Waals surface area (Å²) in [5.74, 6) is -0.575. The van der Waals surface area contributed by atoms with Crippen LogP contribution >= 0.6 is 11.6 Å².